The standard InChI is InChI=1S/C56H105NO10/c1-3-5-7-9-11-13-15-16-17-19-23-26-30-34-38-42-49(59)48(47-66-56-55(64)54(63)53(62)50(46-58)67-56)57-51(60)43-39-35-31-27-24-20-18-21-25-29-33-37-41-45-65-52(61)44-40-36-32-28-22-14-12-10-8-6-4-2/h20,24,38,42,48-50,53-56,58-59,62-64H,3-19,21-23,25-37,39-41,43-47H2,1-2H3,(H,57,60)/b24-20-,42-38+. The third-order valence-electron chi connectivity index (χ3n) is 13.3. The summed E-state index contributed by atoms with van der Waals surface area (Å²) < 4.78 is 16.7. The lowest BCUT2D eigenvalue weighted by Gasteiger charge is -2.40. The number of unbranched alkanes of at least 4 members (excludes halogenated alkanes) is 32. The fraction of sp³-hybridized carbons (Fsp3) is 0.893. The molecule has 0 aromatic heterocycles. The van der Waals surface area contributed by atoms with Gasteiger partial charge in [-0.1, -0.05) is 212 Å². The first-order valence-corrected chi connectivity index (χ1v) is 28.1. The summed E-state index contributed by atoms with van der Waals surface area (Å²) in [4.78, 5) is 25.0. The molecule has 11 heteroatoms. The van der Waals surface area contributed by atoms with Gasteiger partial charge in [-0.05, 0) is 57.8 Å². The Morgan fingerprint density at radius 2 is 0.955 bits per heavy atom. The Labute approximate surface area is 410 Å². The van der Waals surface area contributed by atoms with Crippen LogP contribution < -0.4 is 5.32 Å². The van der Waals surface area contributed by atoms with E-state index in [1.807, 2.05) is 6.08 Å². The van der Waals surface area contributed by atoms with Crippen molar-refractivity contribution in [3.63, 3.8) is 0 Å². The van der Waals surface area contributed by atoms with Gasteiger partial charge in [0.05, 0.1) is 32.0 Å². The number of aliphatic hydroxyl groups excluding tert-OH is 5. The molecular weight excluding hydrogens is 847 g/mol. The Kier molecular flexibility index (Phi) is 43.8. The third kappa shape index (κ3) is 36.7. The molecule has 67 heavy (non-hydrogen) atoms. The average molecular weight is 952 g/mol. The van der Waals surface area contributed by atoms with Crippen molar-refractivity contribution in [2.24, 2.45) is 0 Å². The van der Waals surface area contributed by atoms with Gasteiger partial charge in [-0.15, -0.1) is 0 Å². The lowest BCUT2D eigenvalue weighted by Crippen LogP contribution is -2.60. The number of ether oxygens (including phenoxy) is 3. The van der Waals surface area contributed by atoms with E-state index in [0.29, 0.717) is 25.9 Å². The monoisotopic (exact) mass is 952 g/mol. The molecule has 0 aromatic carbocycles. The Morgan fingerprint density at radius 1 is 0.537 bits per heavy atom. The van der Waals surface area contributed by atoms with E-state index in [-0.39, 0.29) is 18.5 Å². The van der Waals surface area contributed by atoms with Crippen LogP contribution in [0.2, 0.25) is 0 Å². The number of carbonyl (C=O) groups excluding carboxylic acids is 2. The van der Waals surface area contributed by atoms with E-state index >= 15 is 0 Å². The van der Waals surface area contributed by atoms with Crippen molar-refractivity contribution in [2.45, 2.75) is 301 Å². The molecule has 6 N–H and O–H groups in total. The second-order valence-electron chi connectivity index (χ2n) is 19.6. The molecule has 0 aliphatic carbocycles. The molecule has 7 atom stereocenters. The van der Waals surface area contributed by atoms with Crippen molar-refractivity contribution in [2.75, 3.05) is 19.8 Å². The number of hydrogen-bond donors (Lipinski definition) is 6. The van der Waals surface area contributed by atoms with Crippen LogP contribution in [0.3, 0.4) is 0 Å². The largest absolute Gasteiger partial charge is 0.466 e. The molecule has 0 radical (unpaired) electrons. The second-order valence-corrected chi connectivity index (χ2v) is 19.6. The number of carbonyl (C=O) groups is 2. The minimum Gasteiger partial charge on any atom is -0.466 e. The number of aliphatic hydroxyl groups is 5. The summed E-state index contributed by atoms with van der Waals surface area (Å²) in [5.74, 6) is -0.245. The van der Waals surface area contributed by atoms with Gasteiger partial charge < -0.3 is 45.1 Å². The summed E-state index contributed by atoms with van der Waals surface area (Å²) in [6.45, 7) is 4.28. The van der Waals surface area contributed by atoms with Crippen molar-refractivity contribution in [3.8, 4) is 0 Å². The topological polar surface area (TPSA) is 175 Å². The minimum absolute atomic E-state index is 0.0350. The van der Waals surface area contributed by atoms with E-state index in [4.69, 9.17) is 14.2 Å². The number of amides is 1. The predicted octanol–water partition coefficient (Wildman–Crippen LogP) is 12.2. The van der Waals surface area contributed by atoms with Gasteiger partial charge >= 0.3 is 5.97 Å². The molecule has 11 nitrogen and oxygen atoms in total. The highest BCUT2D eigenvalue weighted by atomic mass is 16.7. The zero-order valence-corrected chi connectivity index (χ0v) is 43.1. The van der Waals surface area contributed by atoms with Crippen LogP contribution in [0.4, 0.5) is 0 Å². The molecule has 1 aliphatic heterocycles. The van der Waals surface area contributed by atoms with Gasteiger partial charge in [0, 0.05) is 12.8 Å². The first-order chi connectivity index (χ1) is 32.7. The summed E-state index contributed by atoms with van der Waals surface area (Å²) in [6.07, 6.45) is 43.9. The summed E-state index contributed by atoms with van der Waals surface area (Å²) in [7, 11) is 0. The Balaban J connectivity index is 2.21. The van der Waals surface area contributed by atoms with Crippen LogP contribution in [0, 0.1) is 0 Å². The number of nitrogens with one attached hydrogen (secondary N) is 1. The zero-order chi connectivity index (χ0) is 48.8. The van der Waals surface area contributed by atoms with Crippen LogP contribution in [0.5, 0.6) is 0 Å². The smallest absolute Gasteiger partial charge is 0.305 e. The molecule has 0 saturated carbocycles. The van der Waals surface area contributed by atoms with E-state index in [1.54, 1.807) is 6.08 Å². The number of rotatable bonds is 48. The van der Waals surface area contributed by atoms with Crippen molar-refractivity contribution in [1.82, 2.24) is 5.32 Å². The maximum absolute atomic E-state index is 13.0. The molecule has 394 valence electrons. The molecule has 7 unspecified atom stereocenters. The zero-order valence-electron chi connectivity index (χ0n) is 43.1. The van der Waals surface area contributed by atoms with E-state index in [2.05, 4.69) is 31.3 Å². The number of esters is 1. The van der Waals surface area contributed by atoms with E-state index in [9.17, 15) is 35.1 Å². The van der Waals surface area contributed by atoms with E-state index in [0.717, 1.165) is 70.6 Å². The quantitative estimate of drug-likeness (QED) is 0.0196. The van der Waals surface area contributed by atoms with Crippen molar-refractivity contribution >= 4 is 11.9 Å². The van der Waals surface area contributed by atoms with E-state index in [1.165, 1.54) is 154 Å². The predicted molar refractivity (Wildman–Crippen MR) is 274 cm³/mol. The highest BCUT2D eigenvalue weighted by Gasteiger charge is 2.44. The van der Waals surface area contributed by atoms with Crippen LogP contribution in [-0.4, -0.2) is 100 Å². The first kappa shape index (κ1) is 63.2. The molecular formula is C56H105NO10. The lowest BCUT2D eigenvalue weighted by molar-refractivity contribution is -0.302. The van der Waals surface area contributed by atoms with Crippen LogP contribution in [-0.2, 0) is 23.8 Å². The molecule has 1 fully saturated rings. The Bertz CT molecular complexity index is 1170. The van der Waals surface area contributed by atoms with Gasteiger partial charge in [-0.2, -0.15) is 0 Å². The number of hydrogen-bond acceptors (Lipinski definition) is 10. The van der Waals surface area contributed by atoms with Gasteiger partial charge in [0.15, 0.2) is 6.29 Å². The van der Waals surface area contributed by atoms with Crippen LogP contribution in [0.25, 0.3) is 0 Å². The van der Waals surface area contributed by atoms with Crippen molar-refractivity contribution in [1.29, 1.82) is 0 Å². The van der Waals surface area contributed by atoms with Gasteiger partial charge in [0.1, 0.15) is 24.4 Å². The SMILES string of the molecule is CCCCCCCCCCCCCCC/C=C/C(O)C(COC1OC(CO)C(O)C(O)C1O)NC(=O)CCCCC/C=C\CCCCCCCCOC(=O)CCCCCCCCCCCCC. The highest BCUT2D eigenvalue weighted by molar-refractivity contribution is 5.76. The number of allylic oxidation sites excluding steroid dienone is 3. The van der Waals surface area contributed by atoms with Gasteiger partial charge in [0.2, 0.25) is 5.91 Å². The second kappa shape index (κ2) is 46.5. The summed E-state index contributed by atoms with van der Waals surface area (Å²) in [6, 6.07) is -0.829. The van der Waals surface area contributed by atoms with Crippen LogP contribution in [0.15, 0.2) is 24.3 Å². The molecule has 0 spiro atoms. The van der Waals surface area contributed by atoms with E-state index < -0.39 is 49.5 Å². The van der Waals surface area contributed by atoms with Crippen molar-refractivity contribution < 1.29 is 49.3 Å². The molecule has 0 bridgehead atoms. The van der Waals surface area contributed by atoms with Crippen LogP contribution in [0.1, 0.15) is 258 Å². The molecule has 1 amide bonds. The van der Waals surface area contributed by atoms with Gasteiger partial charge in [-0.25, -0.2) is 0 Å². The molecule has 1 heterocycles. The van der Waals surface area contributed by atoms with Gasteiger partial charge in [0.25, 0.3) is 0 Å². The summed E-state index contributed by atoms with van der Waals surface area (Å²) in [5, 5.41) is 54.4. The molecule has 1 aliphatic rings. The Hall–Kier alpha value is -1.86. The maximum atomic E-state index is 13.0. The Morgan fingerprint density at radius 3 is 1.45 bits per heavy atom. The minimum atomic E-state index is -1.58. The van der Waals surface area contributed by atoms with Crippen molar-refractivity contribution in [3.05, 3.63) is 24.3 Å². The van der Waals surface area contributed by atoms with Gasteiger partial charge in [-0.3, -0.25) is 9.59 Å². The molecule has 1 rings (SSSR count). The third-order valence-corrected chi connectivity index (χ3v) is 13.3. The fourth-order valence-electron chi connectivity index (χ4n) is 8.78. The average Bonchev–Trinajstić information content (AvgIpc) is 3.32. The normalized spacial score (nSPS) is 19.7. The maximum Gasteiger partial charge on any atom is 0.305 e. The summed E-state index contributed by atoms with van der Waals surface area (Å²) >= 11 is 0. The fourth-order valence-corrected chi connectivity index (χ4v) is 8.78. The summed E-state index contributed by atoms with van der Waals surface area (Å²) in [5.41, 5.74) is 0. The molecule has 1 saturated heterocycles. The lowest BCUT2D eigenvalue weighted by atomic mass is 9.99. The van der Waals surface area contributed by atoms with Crippen LogP contribution >= 0.6 is 0 Å². The molecule has 0 aromatic rings. The highest BCUT2D eigenvalue weighted by Crippen LogP contribution is 2.23. The first-order valence-electron chi connectivity index (χ1n) is 28.1.